The molecule has 4 aromatic rings. The van der Waals surface area contributed by atoms with Crippen LogP contribution in [-0.2, 0) is 12.7 Å². The first kappa shape index (κ1) is 18.1. The van der Waals surface area contributed by atoms with E-state index < -0.39 is 11.7 Å². The van der Waals surface area contributed by atoms with E-state index in [4.69, 9.17) is 0 Å². The van der Waals surface area contributed by atoms with Gasteiger partial charge in [0, 0.05) is 0 Å². The molecule has 0 unspecified atom stereocenters. The van der Waals surface area contributed by atoms with Crippen molar-refractivity contribution < 1.29 is 13.2 Å². The highest BCUT2D eigenvalue weighted by Gasteiger charge is 2.30. The van der Waals surface area contributed by atoms with Crippen molar-refractivity contribution in [2.75, 3.05) is 0 Å². The average Bonchev–Trinajstić information content (AvgIpc) is 2.97. The zero-order valence-corrected chi connectivity index (χ0v) is 15.0. The Balaban J connectivity index is 1.76. The Morgan fingerprint density at radius 2 is 1.68 bits per heavy atom. The normalized spacial score (nSPS) is 11.9. The highest BCUT2D eigenvalue weighted by molar-refractivity contribution is 5.82. The van der Waals surface area contributed by atoms with Gasteiger partial charge in [-0.05, 0) is 53.4 Å². The number of imidazole rings is 1. The van der Waals surface area contributed by atoms with E-state index in [0.29, 0.717) is 28.7 Å². The monoisotopic (exact) mass is 382 g/mol. The second kappa shape index (κ2) is 6.71. The third-order valence-electron chi connectivity index (χ3n) is 4.89. The lowest BCUT2D eigenvalue weighted by Gasteiger charge is -2.10. The fraction of sp³-hybridized carbons (Fsp3) is 0.136. The van der Waals surface area contributed by atoms with Crippen LogP contribution < -0.4 is 5.69 Å². The predicted octanol–water partition coefficient (Wildman–Crippen LogP) is 5.37. The second-order valence-corrected chi connectivity index (χ2v) is 6.75. The molecule has 3 aromatic carbocycles. The minimum atomic E-state index is -4.40. The molecule has 0 radical (unpaired) electrons. The number of fused-ring (bicyclic) bond motifs is 1. The fourth-order valence-corrected chi connectivity index (χ4v) is 3.33. The first-order valence-electron chi connectivity index (χ1n) is 8.77. The standard InChI is InChI=1S/C22H17F3N2O/c1-14-5-2-3-6-17(14)13-27-20-10-9-16(12-19(20)26-21(27)28)15-7-4-8-18(11-15)22(23,24)25/h2-12H,13H2,1H3,(H,26,28). The third-order valence-corrected chi connectivity index (χ3v) is 4.89. The molecule has 0 amide bonds. The van der Waals surface area contributed by atoms with Crippen molar-refractivity contribution in [3.63, 3.8) is 0 Å². The summed E-state index contributed by atoms with van der Waals surface area (Å²) in [7, 11) is 0. The van der Waals surface area contributed by atoms with Gasteiger partial charge < -0.3 is 4.98 Å². The van der Waals surface area contributed by atoms with Gasteiger partial charge in [-0.3, -0.25) is 4.57 Å². The zero-order chi connectivity index (χ0) is 19.9. The summed E-state index contributed by atoms with van der Waals surface area (Å²) in [4.78, 5) is 15.3. The number of hydrogen-bond acceptors (Lipinski definition) is 1. The van der Waals surface area contributed by atoms with Gasteiger partial charge in [-0.1, -0.05) is 42.5 Å². The van der Waals surface area contributed by atoms with Crippen molar-refractivity contribution >= 4 is 11.0 Å². The van der Waals surface area contributed by atoms with Crippen LogP contribution in [0.1, 0.15) is 16.7 Å². The van der Waals surface area contributed by atoms with Gasteiger partial charge in [0.15, 0.2) is 0 Å². The van der Waals surface area contributed by atoms with Gasteiger partial charge in [-0.15, -0.1) is 0 Å². The van der Waals surface area contributed by atoms with Crippen LogP contribution in [0.15, 0.2) is 71.5 Å². The molecule has 3 nitrogen and oxygen atoms in total. The first-order chi connectivity index (χ1) is 13.3. The molecule has 0 fully saturated rings. The van der Waals surface area contributed by atoms with Crippen molar-refractivity contribution in [3.8, 4) is 11.1 Å². The number of alkyl halides is 3. The number of H-pyrrole nitrogens is 1. The van der Waals surface area contributed by atoms with Crippen molar-refractivity contribution in [3.05, 3.63) is 93.9 Å². The van der Waals surface area contributed by atoms with E-state index in [1.54, 1.807) is 28.8 Å². The summed E-state index contributed by atoms with van der Waals surface area (Å²) in [5, 5.41) is 0. The number of aromatic amines is 1. The Morgan fingerprint density at radius 1 is 0.929 bits per heavy atom. The molecule has 0 aliphatic heterocycles. The number of nitrogens with zero attached hydrogens (tertiary/aromatic N) is 1. The largest absolute Gasteiger partial charge is 0.416 e. The summed E-state index contributed by atoms with van der Waals surface area (Å²) < 4.78 is 40.6. The number of aryl methyl sites for hydroxylation is 1. The predicted molar refractivity (Wildman–Crippen MR) is 103 cm³/mol. The zero-order valence-electron chi connectivity index (χ0n) is 15.0. The molecular formula is C22H17F3N2O. The molecule has 0 saturated carbocycles. The summed E-state index contributed by atoms with van der Waals surface area (Å²) in [5.41, 5.74) is 3.54. The van der Waals surface area contributed by atoms with Gasteiger partial charge in [0.1, 0.15) is 0 Å². The SMILES string of the molecule is Cc1ccccc1Cn1c(=O)[nH]c2cc(-c3cccc(C(F)(F)F)c3)ccc21. The van der Waals surface area contributed by atoms with Crippen LogP contribution in [0.4, 0.5) is 13.2 Å². The fourth-order valence-electron chi connectivity index (χ4n) is 3.33. The summed E-state index contributed by atoms with van der Waals surface area (Å²) in [6, 6.07) is 18.2. The van der Waals surface area contributed by atoms with Gasteiger partial charge >= 0.3 is 11.9 Å². The molecule has 0 atom stereocenters. The highest BCUT2D eigenvalue weighted by atomic mass is 19.4. The maximum atomic E-state index is 13.0. The Morgan fingerprint density at radius 3 is 2.43 bits per heavy atom. The van der Waals surface area contributed by atoms with Crippen molar-refractivity contribution in [2.45, 2.75) is 19.6 Å². The lowest BCUT2D eigenvalue weighted by molar-refractivity contribution is -0.137. The van der Waals surface area contributed by atoms with Gasteiger partial charge in [0.2, 0.25) is 0 Å². The molecular weight excluding hydrogens is 365 g/mol. The van der Waals surface area contributed by atoms with E-state index in [-0.39, 0.29) is 5.69 Å². The minimum absolute atomic E-state index is 0.251. The second-order valence-electron chi connectivity index (χ2n) is 6.75. The average molecular weight is 382 g/mol. The summed E-state index contributed by atoms with van der Waals surface area (Å²) in [6.07, 6.45) is -4.40. The lowest BCUT2D eigenvalue weighted by Crippen LogP contribution is -2.17. The van der Waals surface area contributed by atoms with Crippen LogP contribution in [0.3, 0.4) is 0 Å². The van der Waals surface area contributed by atoms with Crippen LogP contribution in [-0.4, -0.2) is 9.55 Å². The van der Waals surface area contributed by atoms with E-state index in [2.05, 4.69) is 4.98 Å². The molecule has 28 heavy (non-hydrogen) atoms. The Kier molecular flexibility index (Phi) is 4.34. The van der Waals surface area contributed by atoms with E-state index in [0.717, 1.165) is 23.3 Å². The van der Waals surface area contributed by atoms with Crippen LogP contribution in [0.5, 0.6) is 0 Å². The maximum absolute atomic E-state index is 13.0. The number of hydrogen-bond donors (Lipinski definition) is 1. The number of rotatable bonds is 3. The Hall–Kier alpha value is -3.28. The lowest BCUT2D eigenvalue weighted by atomic mass is 10.0. The number of nitrogens with one attached hydrogen (secondary N) is 1. The molecule has 1 N–H and O–H groups in total. The molecule has 4 rings (SSSR count). The first-order valence-corrected chi connectivity index (χ1v) is 8.77. The van der Waals surface area contributed by atoms with Crippen LogP contribution in [0.2, 0.25) is 0 Å². The number of benzene rings is 3. The summed E-state index contributed by atoms with van der Waals surface area (Å²) in [5.74, 6) is 0. The van der Waals surface area contributed by atoms with Crippen LogP contribution in [0, 0.1) is 6.92 Å². The summed E-state index contributed by atoms with van der Waals surface area (Å²) in [6.45, 7) is 2.41. The third kappa shape index (κ3) is 3.33. The molecule has 6 heteroatoms. The van der Waals surface area contributed by atoms with E-state index in [1.165, 1.54) is 6.07 Å². The number of halogens is 3. The molecule has 0 spiro atoms. The molecule has 0 aliphatic carbocycles. The van der Waals surface area contributed by atoms with E-state index in [1.807, 2.05) is 31.2 Å². The number of aromatic nitrogens is 2. The van der Waals surface area contributed by atoms with Crippen LogP contribution in [0.25, 0.3) is 22.2 Å². The highest BCUT2D eigenvalue weighted by Crippen LogP contribution is 2.32. The Bertz CT molecular complexity index is 1220. The Labute approximate surface area is 159 Å². The summed E-state index contributed by atoms with van der Waals surface area (Å²) >= 11 is 0. The van der Waals surface area contributed by atoms with Crippen LogP contribution >= 0.6 is 0 Å². The molecule has 142 valence electrons. The molecule has 0 saturated heterocycles. The van der Waals surface area contributed by atoms with E-state index >= 15 is 0 Å². The van der Waals surface area contributed by atoms with Gasteiger partial charge in [0.25, 0.3) is 0 Å². The maximum Gasteiger partial charge on any atom is 0.416 e. The van der Waals surface area contributed by atoms with Gasteiger partial charge in [-0.25, -0.2) is 4.79 Å². The molecule has 1 aromatic heterocycles. The van der Waals surface area contributed by atoms with Crippen molar-refractivity contribution in [2.24, 2.45) is 0 Å². The minimum Gasteiger partial charge on any atom is -0.306 e. The topological polar surface area (TPSA) is 37.8 Å². The van der Waals surface area contributed by atoms with Gasteiger partial charge in [-0.2, -0.15) is 13.2 Å². The van der Waals surface area contributed by atoms with E-state index in [9.17, 15) is 18.0 Å². The molecule has 0 aliphatic rings. The molecule has 1 heterocycles. The van der Waals surface area contributed by atoms with Gasteiger partial charge in [0.05, 0.1) is 23.1 Å². The van der Waals surface area contributed by atoms with Crippen molar-refractivity contribution in [1.29, 1.82) is 0 Å². The van der Waals surface area contributed by atoms with Crippen molar-refractivity contribution in [1.82, 2.24) is 9.55 Å². The molecule has 0 bridgehead atoms. The smallest absolute Gasteiger partial charge is 0.306 e. The quantitative estimate of drug-likeness (QED) is 0.508.